The predicted octanol–water partition coefficient (Wildman–Crippen LogP) is -1.55. The number of rotatable bonds is 0. The number of hydrogen-bond acceptors (Lipinski definition) is 1. The molecule has 1 rings (SSSR count). The second-order valence-electron chi connectivity index (χ2n) is 2.22. The summed E-state index contributed by atoms with van der Waals surface area (Å²) in [6.07, 6.45) is 6.40. The zero-order valence-electron chi connectivity index (χ0n) is 5.61. The molecular weight excluding hydrogens is 125 g/mol. The van der Waals surface area contributed by atoms with Crippen molar-refractivity contribution in [2.45, 2.75) is 32.1 Å². The Morgan fingerprint density at radius 1 is 1.00 bits per heavy atom. The van der Waals surface area contributed by atoms with E-state index >= 15 is 0 Å². The van der Waals surface area contributed by atoms with Gasteiger partial charge in [-0.05, 0) is 0 Å². The first-order valence-corrected chi connectivity index (χ1v) is 3.00. The van der Waals surface area contributed by atoms with Crippen molar-refractivity contribution in [3.63, 3.8) is 0 Å². The maximum absolute atomic E-state index is 5.55. The van der Waals surface area contributed by atoms with Gasteiger partial charge in [-0.15, -0.1) is 0 Å². The molecule has 0 amide bonds. The van der Waals surface area contributed by atoms with Crippen LogP contribution in [0.25, 0.3) is 0 Å². The van der Waals surface area contributed by atoms with Gasteiger partial charge in [0, 0.05) is 0 Å². The molecule has 0 bridgehead atoms. The first kappa shape index (κ1) is 9.60. The van der Waals surface area contributed by atoms with Crippen LogP contribution in [0, 0.1) is 6.04 Å². The topological polar surface area (TPSA) is 26.0 Å². The van der Waals surface area contributed by atoms with Crippen LogP contribution in [0.3, 0.4) is 0 Å². The van der Waals surface area contributed by atoms with Gasteiger partial charge in [-0.2, -0.15) is 12.8 Å². The predicted molar refractivity (Wildman–Crippen MR) is 30.5 cm³/mol. The average Bonchev–Trinajstić information content (AvgIpc) is 1.69. The summed E-state index contributed by atoms with van der Waals surface area (Å²) in [4.78, 5) is 0. The van der Waals surface area contributed by atoms with Crippen LogP contribution in [0.5, 0.6) is 0 Å². The van der Waals surface area contributed by atoms with Crippen molar-refractivity contribution < 1.29 is 51.4 Å². The van der Waals surface area contributed by atoms with Gasteiger partial charge in [-0.3, -0.25) is 6.04 Å². The Morgan fingerprint density at radius 3 is 1.75 bits per heavy atom. The molecule has 1 nitrogen and oxygen atoms in total. The molecule has 2 heteroatoms. The largest absolute Gasteiger partial charge is 1.00 e. The smallest absolute Gasteiger partial charge is 0.480 e. The van der Waals surface area contributed by atoms with E-state index in [1.54, 1.807) is 0 Å². The summed E-state index contributed by atoms with van der Waals surface area (Å²) in [6, 6.07) is 1.21. The zero-order valence-corrected chi connectivity index (χ0v) is 8.74. The SMILES string of the molecule is N[C-]1CCCCC1.[K+]. The average molecular weight is 137 g/mol. The second-order valence-corrected chi connectivity index (χ2v) is 2.22. The molecule has 0 aromatic carbocycles. The fourth-order valence-electron chi connectivity index (χ4n) is 1.01. The van der Waals surface area contributed by atoms with E-state index in [4.69, 9.17) is 5.73 Å². The third kappa shape index (κ3) is 3.59. The van der Waals surface area contributed by atoms with E-state index in [0.29, 0.717) is 0 Å². The van der Waals surface area contributed by atoms with E-state index in [1.165, 1.54) is 38.1 Å². The summed E-state index contributed by atoms with van der Waals surface area (Å²) in [5, 5.41) is 0. The summed E-state index contributed by atoms with van der Waals surface area (Å²) < 4.78 is 0. The molecule has 0 aliphatic heterocycles. The van der Waals surface area contributed by atoms with Gasteiger partial charge in [0.2, 0.25) is 0 Å². The molecule has 0 spiro atoms. The Labute approximate surface area is 93.8 Å². The van der Waals surface area contributed by atoms with E-state index in [1.807, 2.05) is 0 Å². The molecule has 1 saturated carbocycles. The van der Waals surface area contributed by atoms with Crippen molar-refractivity contribution in [1.82, 2.24) is 0 Å². The maximum atomic E-state index is 5.55. The van der Waals surface area contributed by atoms with Crippen molar-refractivity contribution in [3.8, 4) is 0 Å². The Bertz CT molecular complexity index is 50.5. The molecule has 0 aromatic heterocycles. The van der Waals surface area contributed by atoms with Crippen molar-refractivity contribution in [2.24, 2.45) is 5.73 Å². The van der Waals surface area contributed by atoms with Gasteiger partial charge in [0.05, 0.1) is 0 Å². The number of hydrogen-bond donors (Lipinski definition) is 1. The zero-order chi connectivity index (χ0) is 5.11. The summed E-state index contributed by atoms with van der Waals surface area (Å²) in [5.74, 6) is 0. The Balaban J connectivity index is 0.000000490. The third-order valence-corrected chi connectivity index (χ3v) is 1.50. The van der Waals surface area contributed by atoms with Crippen LogP contribution in [0.2, 0.25) is 0 Å². The molecule has 42 valence electrons. The quantitative estimate of drug-likeness (QED) is 0.317. The fraction of sp³-hybridized carbons (Fsp3) is 0.833. The minimum atomic E-state index is 0. The van der Waals surface area contributed by atoms with E-state index in [0.717, 1.165) is 0 Å². The van der Waals surface area contributed by atoms with Crippen LogP contribution in [0.1, 0.15) is 32.1 Å². The van der Waals surface area contributed by atoms with Crippen LogP contribution in [-0.4, -0.2) is 0 Å². The molecule has 1 fully saturated rings. The van der Waals surface area contributed by atoms with E-state index in [2.05, 4.69) is 0 Å². The molecule has 0 heterocycles. The van der Waals surface area contributed by atoms with Crippen molar-refractivity contribution in [3.05, 3.63) is 6.04 Å². The molecule has 0 radical (unpaired) electrons. The molecule has 1 aliphatic rings. The van der Waals surface area contributed by atoms with Gasteiger partial charge in [0.1, 0.15) is 0 Å². The first-order valence-electron chi connectivity index (χ1n) is 3.00. The van der Waals surface area contributed by atoms with Gasteiger partial charge in [0.15, 0.2) is 0 Å². The van der Waals surface area contributed by atoms with Crippen LogP contribution < -0.4 is 57.1 Å². The molecule has 2 N–H and O–H groups in total. The first-order chi connectivity index (χ1) is 3.39. The van der Waals surface area contributed by atoms with Crippen LogP contribution in [0.15, 0.2) is 0 Å². The van der Waals surface area contributed by atoms with Crippen molar-refractivity contribution in [2.75, 3.05) is 0 Å². The van der Waals surface area contributed by atoms with Gasteiger partial charge >= 0.3 is 51.4 Å². The van der Waals surface area contributed by atoms with E-state index in [-0.39, 0.29) is 51.4 Å². The maximum Gasteiger partial charge on any atom is 1.00 e. The van der Waals surface area contributed by atoms with E-state index < -0.39 is 0 Å². The molecule has 8 heavy (non-hydrogen) atoms. The minimum absolute atomic E-state index is 0. The summed E-state index contributed by atoms with van der Waals surface area (Å²) in [7, 11) is 0. The Kier molecular flexibility index (Phi) is 6.46. The minimum Gasteiger partial charge on any atom is -0.480 e. The van der Waals surface area contributed by atoms with Crippen LogP contribution in [0.4, 0.5) is 0 Å². The third-order valence-electron chi connectivity index (χ3n) is 1.50. The van der Waals surface area contributed by atoms with Gasteiger partial charge in [0.25, 0.3) is 0 Å². The standard InChI is InChI=1S/C6H12N.K/c7-6-4-2-1-3-5-6;/h1-5,7H2;/q-1;+1. The van der Waals surface area contributed by atoms with Crippen molar-refractivity contribution >= 4 is 0 Å². The van der Waals surface area contributed by atoms with Crippen LogP contribution >= 0.6 is 0 Å². The fourth-order valence-corrected chi connectivity index (χ4v) is 1.01. The van der Waals surface area contributed by atoms with Gasteiger partial charge in [-0.25, -0.2) is 0 Å². The normalized spacial score (nSPS) is 22.1. The molecule has 0 saturated heterocycles. The van der Waals surface area contributed by atoms with Gasteiger partial charge < -0.3 is 5.73 Å². The second kappa shape index (κ2) is 5.39. The molecular formula is C6H12KN. The van der Waals surface area contributed by atoms with Crippen molar-refractivity contribution in [1.29, 1.82) is 0 Å². The Morgan fingerprint density at radius 2 is 1.50 bits per heavy atom. The summed E-state index contributed by atoms with van der Waals surface area (Å²) in [6.45, 7) is 0. The monoisotopic (exact) mass is 137 g/mol. The molecule has 0 unspecified atom stereocenters. The molecule has 0 atom stereocenters. The molecule has 0 aromatic rings. The summed E-state index contributed by atoms with van der Waals surface area (Å²) in [5.41, 5.74) is 5.55. The summed E-state index contributed by atoms with van der Waals surface area (Å²) >= 11 is 0. The van der Waals surface area contributed by atoms with E-state index in [9.17, 15) is 0 Å². The Hall–Kier alpha value is 1.60. The number of nitrogens with two attached hydrogens (primary N) is 1. The van der Waals surface area contributed by atoms with Gasteiger partial charge in [-0.1, -0.05) is 19.3 Å². The van der Waals surface area contributed by atoms with Crippen LogP contribution in [-0.2, 0) is 0 Å². The molecule has 1 aliphatic carbocycles.